The Bertz CT molecular complexity index is 731. The number of hydrogen-bond donors (Lipinski definition) is 1. The monoisotopic (exact) mass is 336 g/mol. The highest BCUT2D eigenvalue weighted by Gasteiger charge is 2.12. The standard InChI is InChI=1S/C16H18F2N4O2/c1-9-7-10(2)20-16(19-9)22-21-11(3)12-5-6-13(24-15(17)18)14(8-12)23-4/h5-8,15H,1-4H3,(H,19,20,22)/b21-11-. The lowest BCUT2D eigenvalue weighted by molar-refractivity contribution is -0.0512. The average molecular weight is 336 g/mol. The summed E-state index contributed by atoms with van der Waals surface area (Å²) < 4.78 is 34.2. The van der Waals surface area contributed by atoms with Crippen molar-refractivity contribution < 1.29 is 18.3 Å². The molecule has 1 aromatic carbocycles. The van der Waals surface area contributed by atoms with E-state index in [0.717, 1.165) is 11.4 Å². The summed E-state index contributed by atoms with van der Waals surface area (Å²) in [6.45, 7) is 2.58. The molecule has 1 N–H and O–H groups in total. The number of hydrogen-bond acceptors (Lipinski definition) is 6. The molecule has 1 heterocycles. The maximum absolute atomic E-state index is 12.3. The lowest BCUT2D eigenvalue weighted by atomic mass is 10.1. The lowest BCUT2D eigenvalue weighted by Crippen LogP contribution is -2.06. The molecule has 2 aromatic rings. The first kappa shape index (κ1) is 17.6. The number of alkyl halides is 2. The number of hydrazone groups is 1. The van der Waals surface area contributed by atoms with E-state index in [9.17, 15) is 8.78 Å². The van der Waals surface area contributed by atoms with E-state index in [1.165, 1.54) is 13.2 Å². The molecule has 1 aromatic heterocycles. The third-order valence-corrected chi connectivity index (χ3v) is 3.10. The molecule has 0 radical (unpaired) electrons. The van der Waals surface area contributed by atoms with Gasteiger partial charge in [-0.1, -0.05) is 0 Å². The Kier molecular flexibility index (Phi) is 5.62. The van der Waals surface area contributed by atoms with Crippen LogP contribution >= 0.6 is 0 Å². The summed E-state index contributed by atoms with van der Waals surface area (Å²) in [7, 11) is 1.38. The van der Waals surface area contributed by atoms with Crippen molar-refractivity contribution in [3.05, 3.63) is 41.2 Å². The minimum absolute atomic E-state index is 0.0327. The fourth-order valence-corrected chi connectivity index (χ4v) is 2.06. The van der Waals surface area contributed by atoms with Crippen LogP contribution < -0.4 is 14.9 Å². The van der Waals surface area contributed by atoms with E-state index in [2.05, 4.69) is 25.2 Å². The lowest BCUT2D eigenvalue weighted by Gasteiger charge is -2.11. The predicted octanol–water partition coefficient (Wildman–Crippen LogP) is 3.54. The van der Waals surface area contributed by atoms with Crippen LogP contribution in [-0.2, 0) is 0 Å². The third kappa shape index (κ3) is 4.61. The van der Waals surface area contributed by atoms with E-state index in [-0.39, 0.29) is 11.5 Å². The number of benzene rings is 1. The zero-order valence-electron chi connectivity index (χ0n) is 13.8. The van der Waals surface area contributed by atoms with Crippen molar-refractivity contribution in [2.75, 3.05) is 12.5 Å². The number of aryl methyl sites for hydroxylation is 2. The molecule has 0 saturated carbocycles. The first-order chi connectivity index (χ1) is 11.4. The summed E-state index contributed by atoms with van der Waals surface area (Å²) >= 11 is 0. The Hall–Kier alpha value is -2.77. The molecule has 0 aliphatic carbocycles. The van der Waals surface area contributed by atoms with Crippen LogP contribution in [0.5, 0.6) is 11.5 Å². The van der Waals surface area contributed by atoms with Gasteiger partial charge in [-0.05, 0) is 45.0 Å². The van der Waals surface area contributed by atoms with Gasteiger partial charge >= 0.3 is 6.61 Å². The summed E-state index contributed by atoms with van der Waals surface area (Å²) in [4.78, 5) is 8.45. The molecule has 0 aliphatic heterocycles. The summed E-state index contributed by atoms with van der Waals surface area (Å²) in [6.07, 6.45) is 0. The van der Waals surface area contributed by atoms with Crippen molar-refractivity contribution in [2.45, 2.75) is 27.4 Å². The largest absolute Gasteiger partial charge is 0.493 e. The minimum atomic E-state index is -2.91. The molecule has 24 heavy (non-hydrogen) atoms. The van der Waals surface area contributed by atoms with Crippen molar-refractivity contribution in [3.8, 4) is 11.5 Å². The first-order valence-electron chi connectivity index (χ1n) is 7.15. The van der Waals surface area contributed by atoms with Gasteiger partial charge in [-0.25, -0.2) is 15.4 Å². The number of rotatable bonds is 6. The summed E-state index contributed by atoms with van der Waals surface area (Å²) in [5.74, 6) is 0.552. The van der Waals surface area contributed by atoms with Crippen LogP contribution in [0.25, 0.3) is 0 Å². The summed E-state index contributed by atoms with van der Waals surface area (Å²) in [5, 5.41) is 4.21. The van der Waals surface area contributed by atoms with Crippen molar-refractivity contribution in [1.29, 1.82) is 0 Å². The second-order valence-electron chi connectivity index (χ2n) is 5.03. The van der Waals surface area contributed by atoms with Crippen LogP contribution in [0.2, 0.25) is 0 Å². The van der Waals surface area contributed by atoms with Gasteiger partial charge in [0, 0.05) is 17.0 Å². The van der Waals surface area contributed by atoms with E-state index < -0.39 is 6.61 Å². The molecule has 0 atom stereocenters. The molecule has 0 spiro atoms. The fourth-order valence-electron chi connectivity index (χ4n) is 2.06. The Morgan fingerprint density at radius 3 is 2.38 bits per heavy atom. The van der Waals surface area contributed by atoms with Crippen molar-refractivity contribution in [1.82, 2.24) is 9.97 Å². The topological polar surface area (TPSA) is 68.6 Å². The molecule has 0 saturated heterocycles. The second kappa shape index (κ2) is 7.67. The van der Waals surface area contributed by atoms with Crippen LogP contribution in [-0.4, -0.2) is 29.4 Å². The molecule has 0 aliphatic rings. The predicted molar refractivity (Wildman–Crippen MR) is 87.0 cm³/mol. The van der Waals surface area contributed by atoms with Crippen molar-refractivity contribution >= 4 is 11.7 Å². The van der Waals surface area contributed by atoms with E-state index in [1.54, 1.807) is 19.1 Å². The van der Waals surface area contributed by atoms with Gasteiger partial charge in [-0.3, -0.25) is 0 Å². The van der Waals surface area contributed by atoms with Crippen LogP contribution in [0.4, 0.5) is 14.7 Å². The van der Waals surface area contributed by atoms with Gasteiger partial charge in [-0.15, -0.1) is 0 Å². The minimum Gasteiger partial charge on any atom is -0.493 e. The van der Waals surface area contributed by atoms with Gasteiger partial charge in [0.2, 0.25) is 5.95 Å². The van der Waals surface area contributed by atoms with Crippen molar-refractivity contribution in [2.24, 2.45) is 5.10 Å². The molecule has 6 nitrogen and oxygen atoms in total. The van der Waals surface area contributed by atoms with Crippen LogP contribution in [0.15, 0.2) is 29.4 Å². The van der Waals surface area contributed by atoms with E-state index in [0.29, 0.717) is 17.2 Å². The number of methoxy groups -OCH3 is 1. The zero-order valence-corrected chi connectivity index (χ0v) is 13.8. The smallest absolute Gasteiger partial charge is 0.387 e. The number of halogens is 2. The molecule has 0 fully saturated rings. The Labute approximate surface area is 138 Å². The van der Waals surface area contributed by atoms with Crippen LogP contribution in [0.1, 0.15) is 23.9 Å². The first-order valence-corrected chi connectivity index (χ1v) is 7.15. The van der Waals surface area contributed by atoms with Gasteiger partial charge in [-0.2, -0.15) is 13.9 Å². The van der Waals surface area contributed by atoms with E-state index in [1.807, 2.05) is 19.9 Å². The Morgan fingerprint density at radius 2 is 1.79 bits per heavy atom. The number of aromatic nitrogens is 2. The number of ether oxygens (including phenoxy) is 2. The summed E-state index contributed by atoms with van der Waals surface area (Å²) in [5.41, 5.74) is 5.73. The van der Waals surface area contributed by atoms with Gasteiger partial charge in [0.25, 0.3) is 0 Å². The van der Waals surface area contributed by atoms with Crippen LogP contribution in [0, 0.1) is 13.8 Å². The van der Waals surface area contributed by atoms with E-state index >= 15 is 0 Å². The molecular weight excluding hydrogens is 318 g/mol. The molecule has 0 bridgehead atoms. The molecule has 128 valence electrons. The maximum Gasteiger partial charge on any atom is 0.387 e. The SMILES string of the molecule is COc1cc(/C(C)=N\Nc2nc(C)cc(C)n2)ccc1OC(F)F. The quantitative estimate of drug-likeness (QED) is 0.645. The Balaban J connectivity index is 2.20. The molecule has 0 unspecified atom stereocenters. The van der Waals surface area contributed by atoms with Gasteiger partial charge in [0.1, 0.15) is 0 Å². The highest BCUT2D eigenvalue weighted by molar-refractivity contribution is 5.99. The molecule has 0 amide bonds. The number of nitrogens with zero attached hydrogens (tertiary/aromatic N) is 3. The normalized spacial score (nSPS) is 11.5. The molecular formula is C16H18F2N4O2. The van der Waals surface area contributed by atoms with Crippen LogP contribution in [0.3, 0.4) is 0 Å². The zero-order chi connectivity index (χ0) is 17.7. The second-order valence-corrected chi connectivity index (χ2v) is 5.03. The highest BCUT2D eigenvalue weighted by Crippen LogP contribution is 2.29. The third-order valence-electron chi connectivity index (χ3n) is 3.10. The fraction of sp³-hybridized carbons (Fsp3) is 0.312. The highest BCUT2D eigenvalue weighted by atomic mass is 19.3. The number of anilines is 1. The molecule has 2 rings (SSSR count). The van der Waals surface area contributed by atoms with Crippen molar-refractivity contribution in [3.63, 3.8) is 0 Å². The average Bonchev–Trinajstić information content (AvgIpc) is 2.51. The van der Waals surface area contributed by atoms with Gasteiger partial charge < -0.3 is 9.47 Å². The molecule has 8 heteroatoms. The number of nitrogens with one attached hydrogen (secondary N) is 1. The summed E-state index contributed by atoms with van der Waals surface area (Å²) in [6, 6.07) is 6.45. The van der Waals surface area contributed by atoms with Gasteiger partial charge in [0.15, 0.2) is 11.5 Å². The van der Waals surface area contributed by atoms with E-state index in [4.69, 9.17) is 4.74 Å². The maximum atomic E-state index is 12.3. The Morgan fingerprint density at radius 1 is 1.12 bits per heavy atom. The van der Waals surface area contributed by atoms with Gasteiger partial charge in [0.05, 0.1) is 12.8 Å².